The molecule has 3 aromatic rings. The highest BCUT2D eigenvalue weighted by atomic mass is 16.2. The highest BCUT2D eigenvalue weighted by Crippen LogP contribution is 2.32. The molecule has 6 heteroatoms. The fourth-order valence-corrected chi connectivity index (χ4v) is 3.52. The Morgan fingerprint density at radius 2 is 2.04 bits per heavy atom. The SMILES string of the molecule is Cc1nc(-c2ncc[nH]2)cc(C2CCCCN2C(=O)c2ccccc2)n1. The summed E-state index contributed by atoms with van der Waals surface area (Å²) in [6, 6.07) is 11.4. The van der Waals surface area contributed by atoms with Crippen LogP contribution >= 0.6 is 0 Å². The summed E-state index contributed by atoms with van der Waals surface area (Å²) in [5.74, 6) is 1.46. The molecule has 3 heterocycles. The first-order valence-corrected chi connectivity index (χ1v) is 8.94. The van der Waals surface area contributed by atoms with Gasteiger partial charge in [-0.3, -0.25) is 4.79 Å². The predicted octanol–water partition coefficient (Wildman–Crippen LogP) is 3.54. The maximum Gasteiger partial charge on any atom is 0.254 e. The highest BCUT2D eigenvalue weighted by Gasteiger charge is 2.30. The fourth-order valence-electron chi connectivity index (χ4n) is 3.52. The molecule has 6 nitrogen and oxygen atoms in total. The number of H-pyrrole nitrogens is 1. The van der Waals surface area contributed by atoms with Crippen LogP contribution in [-0.4, -0.2) is 37.3 Å². The molecule has 1 saturated heterocycles. The van der Waals surface area contributed by atoms with E-state index in [1.807, 2.05) is 48.2 Å². The Kier molecular flexibility index (Phi) is 4.48. The number of carbonyl (C=O) groups excluding carboxylic acids is 1. The molecule has 0 saturated carbocycles. The Labute approximate surface area is 152 Å². The van der Waals surface area contributed by atoms with Gasteiger partial charge in [0.05, 0.1) is 11.7 Å². The number of amides is 1. The lowest BCUT2D eigenvalue weighted by Crippen LogP contribution is -2.39. The molecule has 0 radical (unpaired) electrons. The zero-order valence-electron chi connectivity index (χ0n) is 14.7. The maximum absolute atomic E-state index is 13.0. The standard InChI is InChI=1S/C20H21N5O/c1-14-23-16(13-17(24-14)19-21-10-11-22-19)18-9-5-6-12-25(18)20(26)15-7-3-2-4-8-15/h2-4,7-8,10-11,13,18H,5-6,9,12H2,1H3,(H,21,22). The van der Waals surface area contributed by atoms with Gasteiger partial charge in [0.2, 0.25) is 0 Å². The first-order chi connectivity index (χ1) is 12.7. The van der Waals surface area contributed by atoms with Gasteiger partial charge in [-0.05, 0) is 44.4 Å². The molecule has 132 valence electrons. The minimum Gasteiger partial charge on any atom is -0.343 e. The number of benzene rings is 1. The van der Waals surface area contributed by atoms with Crippen molar-refractivity contribution in [2.45, 2.75) is 32.2 Å². The van der Waals surface area contributed by atoms with Crippen molar-refractivity contribution in [2.75, 3.05) is 6.54 Å². The normalized spacial score (nSPS) is 17.3. The number of nitrogens with zero attached hydrogens (tertiary/aromatic N) is 4. The number of nitrogens with one attached hydrogen (secondary N) is 1. The molecule has 1 atom stereocenters. The van der Waals surface area contributed by atoms with E-state index >= 15 is 0 Å². The molecule has 2 aromatic heterocycles. The fraction of sp³-hybridized carbons (Fsp3) is 0.300. The molecule has 0 aliphatic carbocycles. The number of rotatable bonds is 3. The van der Waals surface area contributed by atoms with E-state index in [1.165, 1.54) is 0 Å². The van der Waals surface area contributed by atoms with Gasteiger partial charge >= 0.3 is 0 Å². The number of aromatic nitrogens is 4. The Morgan fingerprint density at radius 1 is 1.19 bits per heavy atom. The van der Waals surface area contributed by atoms with Crippen molar-refractivity contribution in [1.29, 1.82) is 0 Å². The van der Waals surface area contributed by atoms with Gasteiger partial charge in [-0.1, -0.05) is 18.2 Å². The summed E-state index contributed by atoms with van der Waals surface area (Å²) in [6.07, 6.45) is 6.50. The predicted molar refractivity (Wildman–Crippen MR) is 98.4 cm³/mol. The molecule has 1 unspecified atom stereocenters. The van der Waals surface area contributed by atoms with E-state index in [0.717, 1.165) is 42.8 Å². The van der Waals surface area contributed by atoms with Gasteiger partial charge in [0, 0.05) is 24.5 Å². The minimum absolute atomic E-state index is 0.0353. The molecule has 26 heavy (non-hydrogen) atoms. The summed E-state index contributed by atoms with van der Waals surface area (Å²) in [7, 11) is 0. The monoisotopic (exact) mass is 347 g/mol. The second-order valence-corrected chi connectivity index (χ2v) is 6.54. The van der Waals surface area contributed by atoms with Crippen molar-refractivity contribution in [3.05, 3.63) is 65.9 Å². The van der Waals surface area contributed by atoms with Crippen LogP contribution < -0.4 is 0 Å². The third kappa shape index (κ3) is 3.22. The average Bonchev–Trinajstić information content (AvgIpc) is 3.22. The largest absolute Gasteiger partial charge is 0.343 e. The van der Waals surface area contributed by atoms with E-state index in [4.69, 9.17) is 0 Å². The summed E-state index contributed by atoms with van der Waals surface area (Å²) < 4.78 is 0. The van der Waals surface area contributed by atoms with Gasteiger partial charge in [-0.25, -0.2) is 15.0 Å². The highest BCUT2D eigenvalue weighted by molar-refractivity contribution is 5.94. The number of carbonyl (C=O) groups is 1. The smallest absolute Gasteiger partial charge is 0.254 e. The van der Waals surface area contributed by atoms with Gasteiger partial charge < -0.3 is 9.88 Å². The Balaban J connectivity index is 1.69. The van der Waals surface area contributed by atoms with Crippen LogP contribution in [-0.2, 0) is 0 Å². The van der Waals surface area contributed by atoms with Crippen molar-refractivity contribution in [3.8, 4) is 11.5 Å². The minimum atomic E-state index is -0.0353. The third-order valence-electron chi connectivity index (χ3n) is 4.72. The summed E-state index contributed by atoms with van der Waals surface area (Å²) in [5, 5.41) is 0. The number of aryl methyl sites for hydroxylation is 1. The van der Waals surface area contributed by atoms with Crippen LogP contribution in [0.2, 0.25) is 0 Å². The molecule has 1 amide bonds. The lowest BCUT2D eigenvalue weighted by atomic mass is 9.97. The van der Waals surface area contributed by atoms with Crippen molar-refractivity contribution in [2.24, 2.45) is 0 Å². The lowest BCUT2D eigenvalue weighted by molar-refractivity contribution is 0.0605. The molecule has 1 aliphatic heterocycles. The molecule has 1 N–H and O–H groups in total. The van der Waals surface area contributed by atoms with Gasteiger partial charge in [-0.15, -0.1) is 0 Å². The van der Waals surface area contributed by atoms with E-state index < -0.39 is 0 Å². The molecule has 1 aromatic carbocycles. The Bertz CT molecular complexity index is 892. The van der Waals surface area contributed by atoms with E-state index in [2.05, 4.69) is 19.9 Å². The van der Waals surface area contributed by atoms with E-state index in [1.54, 1.807) is 12.4 Å². The quantitative estimate of drug-likeness (QED) is 0.786. The van der Waals surface area contributed by atoms with Gasteiger partial charge in [0.25, 0.3) is 5.91 Å². The number of hydrogen-bond donors (Lipinski definition) is 1. The van der Waals surface area contributed by atoms with Crippen LogP contribution in [0.15, 0.2) is 48.8 Å². The van der Waals surface area contributed by atoms with Crippen molar-refractivity contribution in [3.63, 3.8) is 0 Å². The second kappa shape index (κ2) is 7.07. The van der Waals surface area contributed by atoms with Crippen LogP contribution in [0.4, 0.5) is 0 Å². The number of imidazole rings is 1. The number of piperidine rings is 1. The molecule has 0 spiro atoms. The third-order valence-corrected chi connectivity index (χ3v) is 4.72. The first-order valence-electron chi connectivity index (χ1n) is 8.94. The van der Waals surface area contributed by atoms with E-state index in [0.29, 0.717) is 11.6 Å². The molecule has 4 rings (SSSR count). The molecular weight excluding hydrogens is 326 g/mol. The summed E-state index contributed by atoms with van der Waals surface area (Å²) in [6.45, 7) is 2.62. The van der Waals surface area contributed by atoms with Crippen molar-refractivity contribution in [1.82, 2.24) is 24.8 Å². The lowest BCUT2D eigenvalue weighted by Gasteiger charge is -2.35. The van der Waals surface area contributed by atoms with Crippen LogP contribution in [0, 0.1) is 6.92 Å². The molecule has 1 fully saturated rings. The first kappa shape index (κ1) is 16.4. The second-order valence-electron chi connectivity index (χ2n) is 6.54. The summed E-state index contributed by atoms with van der Waals surface area (Å²) in [5.41, 5.74) is 2.36. The van der Waals surface area contributed by atoms with Gasteiger partial charge in [-0.2, -0.15) is 0 Å². The summed E-state index contributed by atoms with van der Waals surface area (Å²) >= 11 is 0. The molecular formula is C20H21N5O. The average molecular weight is 347 g/mol. The number of hydrogen-bond acceptors (Lipinski definition) is 4. The topological polar surface area (TPSA) is 74.8 Å². The van der Waals surface area contributed by atoms with E-state index in [9.17, 15) is 4.79 Å². The van der Waals surface area contributed by atoms with Crippen molar-refractivity contribution >= 4 is 5.91 Å². The zero-order chi connectivity index (χ0) is 17.9. The van der Waals surface area contributed by atoms with Crippen molar-refractivity contribution < 1.29 is 4.79 Å². The Morgan fingerprint density at radius 3 is 2.81 bits per heavy atom. The molecule has 0 bridgehead atoms. The summed E-state index contributed by atoms with van der Waals surface area (Å²) in [4.78, 5) is 31.5. The van der Waals surface area contributed by atoms with Crippen LogP contribution in [0.5, 0.6) is 0 Å². The van der Waals surface area contributed by atoms with Gasteiger partial charge in [0.1, 0.15) is 11.5 Å². The van der Waals surface area contributed by atoms with Gasteiger partial charge in [0.15, 0.2) is 5.82 Å². The van der Waals surface area contributed by atoms with Crippen LogP contribution in [0.3, 0.4) is 0 Å². The van der Waals surface area contributed by atoms with Crippen LogP contribution in [0.25, 0.3) is 11.5 Å². The Hall–Kier alpha value is -3.02. The number of likely N-dealkylation sites (tertiary alicyclic amines) is 1. The number of aromatic amines is 1. The molecule has 1 aliphatic rings. The van der Waals surface area contributed by atoms with E-state index in [-0.39, 0.29) is 11.9 Å². The maximum atomic E-state index is 13.0. The van der Waals surface area contributed by atoms with Crippen LogP contribution in [0.1, 0.15) is 47.2 Å². The zero-order valence-corrected chi connectivity index (χ0v) is 14.7.